The van der Waals surface area contributed by atoms with Crippen molar-refractivity contribution in [1.82, 2.24) is 0 Å². The van der Waals surface area contributed by atoms with Crippen LogP contribution in [0.2, 0.25) is 0 Å². The Balaban J connectivity index is 2.03. The molecule has 0 radical (unpaired) electrons. The number of nitrogens with zero attached hydrogens (tertiary/aromatic N) is 1. The number of hydrogen-bond donors (Lipinski definition) is 0. The molecular weight excluding hydrogens is 313 g/mol. The van der Waals surface area contributed by atoms with Gasteiger partial charge in [-0.2, -0.15) is 0 Å². The summed E-state index contributed by atoms with van der Waals surface area (Å²) in [4.78, 5) is 3.88. The predicted octanol–water partition coefficient (Wildman–Crippen LogP) is 6.16. The molecular formula is C19H19Cl2N. The topological polar surface area (TPSA) is 12.4 Å². The van der Waals surface area contributed by atoms with Crippen molar-refractivity contribution in [3.8, 4) is 0 Å². The lowest BCUT2D eigenvalue weighted by molar-refractivity contribution is 0.716. The van der Waals surface area contributed by atoms with Crippen LogP contribution in [0.4, 0.5) is 5.69 Å². The van der Waals surface area contributed by atoms with E-state index in [9.17, 15) is 0 Å². The van der Waals surface area contributed by atoms with Gasteiger partial charge < -0.3 is 0 Å². The minimum Gasteiger partial charge on any atom is -0.239 e. The van der Waals surface area contributed by atoms with Crippen LogP contribution in [0.3, 0.4) is 0 Å². The van der Waals surface area contributed by atoms with E-state index in [0.29, 0.717) is 11.1 Å². The van der Waals surface area contributed by atoms with Crippen molar-refractivity contribution >= 4 is 34.1 Å². The standard InChI is InChI=1S/C19H19Cl2N/c1-13(2)14-8-9-17-15(12-14)10-11-19(21,18(20)22-17)16-6-4-3-5-7-16/h3-9,12-13H,10-11H2,1-2H3. The van der Waals surface area contributed by atoms with Gasteiger partial charge in [-0.1, -0.05) is 67.9 Å². The molecule has 0 fully saturated rings. The van der Waals surface area contributed by atoms with Gasteiger partial charge in [0.05, 0.1) is 5.69 Å². The van der Waals surface area contributed by atoms with Crippen LogP contribution >= 0.6 is 23.2 Å². The van der Waals surface area contributed by atoms with Crippen LogP contribution in [0.1, 0.15) is 42.9 Å². The number of rotatable bonds is 2. The van der Waals surface area contributed by atoms with Gasteiger partial charge in [-0.25, -0.2) is 4.99 Å². The van der Waals surface area contributed by atoms with E-state index in [4.69, 9.17) is 23.2 Å². The SMILES string of the molecule is CC(C)c1ccc2c(c1)CCC(Cl)(c1ccccc1)C(Cl)=N2. The molecule has 1 nitrogen and oxygen atoms in total. The maximum absolute atomic E-state index is 6.89. The molecule has 0 saturated carbocycles. The van der Waals surface area contributed by atoms with Gasteiger partial charge in [0.2, 0.25) is 0 Å². The summed E-state index contributed by atoms with van der Waals surface area (Å²) in [6, 6.07) is 16.4. The van der Waals surface area contributed by atoms with Crippen molar-refractivity contribution in [3.05, 3.63) is 65.2 Å². The molecule has 114 valence electrons. The summed E-state index contributed by atoms with van der Waals surface area (Å²) in [7, 11) is 0. The average Bonchev–Trinajstić information content (AvgIpc) is 2.66. The molecule has 0 spiro atoms. The van der Waals surface area contributed by atoms with Crippen LogP contribution in [-0.4, -0.2) is 5.17 Å². The molecule has 0 aromatic heterocycles. The third-order valence-corrected chi connectivity index (χ3v) is 5.38. The maximum atomic E-state index is 6.89. The molecule has 0 N–H and O–H groups in total. The molecule has 0 bridgehead atoms. The van der Waals surface area contributed by atoms with Gasteiger partial charge in [0.15, 0.2) is 0 Å². The maximum Gasteiger partial charge on any atom is 0.132 e. The first-order valence-corrected chi connectivity index (χ1v) is 8.38. The minimum atomic E-state index is -0.736. The molecule has 0 amide bonds. The lowest BCUT2D eigenvalue weighted by atomic mass is 9.91. The third kappa shape index (κ3) is 2.80. The summed E-state index contributed by atoms with van der Waals surface area (Å²) >= 11 is 13.4. The number of fused-ring (bicyclic) bond motifs is 1. The van der Waals surface area contributed by atoms with E-state index in [1.54, 1.807) is 0 Å². The number of aryl methyl sites for hydroxylation is 1. The van der Waals surface area contributed by atoms with Crippen molar-refractivity contribution in [2.75, 3.05) is 0 Å². The molecule has 3 heteroatoms. The highest BCUT2D eigenvalue weighted by Crippen LogP contribution is 2.42. The molecule has 3 rings (SSSR count). The Bertz CT molecular complexity index is 707. The van der Waals surface area contributed by atoms with Gasteiger partial charge in [-0.05, 0) is 41.5 Å². The molecule has 0 saturated heterocycles. The van der Waals surface area contributed by atoms with E-state index in [-0.39, 0.29) is 0 Å². The Hall–Kier alpha value is -1.31. The molecule has 22 heavy (non-hydrogen) atoms. The molecule has 1 unspecified atom stereocenters. The van der Waals surface area contributed by atoms with E-state index < -0.39 is 4.87 Å². The fourth-order valence-corrected chi connectivity index (χ4v) is 3.40. The van der Waals surface area contributed by atoms with Gasteiger partial charge >= 0.3 is 0 Å². The number of halogens is 2. The Kier molecular flexibility index (Phi) is 4.29. The monoisotopic (exact) mass is 331 g/mol. The highest BCUT2D eigenvalue weighted by molar-refractivity contribution is 6.72. The van der Waals surface area contributed by atoms with E-state index in [1.165, 1.54) is 11.1 Å². The second kappa shape index (κ2) is 6.06. The van der Waals surface area contributed by atoms with Crippen molar-refractivity contribution in [1.29, 1.82) is 0 Å². The summed E-state index contributed by atoms with van der Waals surface area (Å²) in [6.07, 6.45) is 1.61. The fraction of sp³-hybridized carbons (Fsp3) is 0.316. The Labute approximate surface area is 142 Å². The number of benzene rings is 2. The first-order valence-electron chi connectivity index (χ1n) is 7.62. The van der Waals surface area contributed by atoms with Gasteiger partial charge in [-0.3, -0.25) is 0 Å². The van der Waals surface area contributed by atoms with Crippen LogP contribution in [-0.2, 0) is 11.3 Å². The summed E-state index contributed by atoms with van der Waals surface area (Å²) in [5, 5.41) is 0.455. The Morgan fingerprint density at radius 3 is 2.50 bits per heavy atom. The number of aliphatic imine (C=N–C) groups is 1. The summed E-state index contributed by atoms with van der Waals surface area (Å²) < 4.78 is 0. The number of hydrogen-bond acceptors (Lipinski definition) is 1. The highest BCUT2D eigenvalue weighted by atomic mass is 35.5. The van der Waals surface area contributed by atoms with Crippen molar-refractivity contribution in [2.45, 2.75) is 37.5 Å². The molecule has 0 aliphatic carbocycles. The normalized spacial score (nSPS) is 21.2. The van der Waals surface area contributed by atoms with Crippen molar-refractivity contribution < 1.29 is 0 Å². The molecule has 1 aliphatic rings. The van der Waals surface area contributed by atoms with Gasteiger partial charge in [0.1, 0.15) is 10.0 Å². The van der Waals surface area contributed by atoms with E-state index in [0.717, 1.165) is 24.1 Å². The smallest absolute Gasteiger partial charge is 0.132 e. The first kappa shape index (κ1) is 15.6. The van der Waals surface area contributed by atoms with Crippen molar-refractivity contribution in [3.63, 3.8) is 0 Å². The van der Waals surface area contributed by atoms with Gasteiger partial charge in [0.25, 0.3) is 0 Å². The molecule has 2 aromatic carbocycles. The highest BCUT2D eigenvalue weighted by Gasteiger charge is 2.36. The zero-order valence-electron chi connectivity index (χ0n) is 12.8. The average molecular weight is 332 g/mol. The molecule has 1 heterocycles. The Morgan fingerprint density at radius 2 is 1.82 bits per heavy atom. The zero-order chi connectivity index (χ0) is 15.7. The third-order valence-electron chi connectivity index (χ3n) is 4.29. The summed E-state index contributed by atoms with van der Waals surface area (Å²) in [5.74, 6) is 0.503. The molecule has 1 atom stereocenters. The number of alkyl halides is 1. The second-order valence-electron chi connectivity index (χ2n) is 6.11. The largest absolute Gasteiger partial charge is 0.239 e. The summed E-state index contributed by atoms with van der Waals surface area (Å²) in [5.41, 5.74) is 4.49. The first-order chi connectivity index (χ1) is 10.5. The van der Waals surface area contributed by atoms with E-state index >= 15 is 0 Å². The van der Waals surface area contributed by atoms with Gasteiger partial charge in [-0.15, -0.1) is 11.6 Å². The fourth-order valence-electron chi connectivity index (χ4n) is 2.84. The van der Waals surface area contributed by atoms with Crippen LogP contribution < -0.4 is 0 Å². The van der Waals surface area contributed by atoms with Gasteiger partial charge in [0, 0.05) is 0 Å². The second-order valence-corrected chi connectivity index (χ2v) is 7.12. The lowest BCUT2D eigenvalue weighted by Crippen LogP contribution is -2.26. The van der Waals surface area contributed by atoms with E-state index in [1.807, 2.05) is 30.3 Å². The predicted molar refractivity (Wildman–Crippen MR) is 95.8 cm³/mol. The van der Waals surface area contributed by atoms with Crippen molar-refractivity contribution in [2.24, 2.45) is 4.99 Å². The van der Waals surface area contributed by atoms with Crippen LogP contribution in [0.5, 0.6) is 0 Å². The quantitative estimate of drug-likeness (QED) is 0.584. The lowest BCUT2D eigenvalue weighted by Gasteiger charge is -2.24. The van der Waals surface area contributed by atoms with E-state index in [2.05, 4.69) is 37.0 Å². The molecule has 1 aliphatic heterocycles. The van der Waals surface area contributed by atoms with Crippen LogP contribution in [0.15, 0.2) is 53.5 Å². The summed E-state index contributed by atoms with van der Waals surface area (Å²) in [6.45, 7) is 4.40. The van der Waals surface area contributed by atoms with Crippen LogP contribution in [0.25, 0.3) is 0 Å². The zero-order valence-corrected chi connectivity index (χ0v) is 14.3. The Morgan fingerprint density at radius 1 is 1.09 bits per heavy atom. The van der Waals surface area contributed by atoms with Crippen LogP contribution in [0, 0.1) is 0 Å². The minimum absolute atomic E-state index is 0.455. The molecule has 2 aromatic rings.